The molecule has 1 atom stereocenters. The molecule has 19 heavy (non-hydrogen) atoms. The zero-order valence-electron chi connectivity index (χ0n) is 11.3. The average molecular weight is 265 g/mol. The molecule has 0 saturated carbocycles. The topological polar surface area (TPSA) is 75.4 Å². The van der Waals surface area contributed by atoms with Crippen LogP contribution in [0.2, 0.25) is 0 Å². The number of nitrogens with zero attached hydrogens (tertiary/aromatic N) is 3. The van der Waals surface area contributed by atoms with Crippen molar-refractivity contribution in [2.45, 2.75) is 38.6 Å². The maximum atomic E-state index is 12.5. The van der Waals surface area contributed by atoms with Crippen LogP contribution in [-0.4, -0.2) is 44.3 Å². The number of aryl methyl sites for hydroxylation is 2. The highest BCUT2D eigenvalue weighted by Gasteiger charge is 2.33. The SMILES string of the molecule is CCc1cc(C(=O)N2CCCC[C@H]2C(=O)O)n(C)n1. The zero-order chi connectivity index (χ0) is 14.0. The number of likely N-dealkylation sites (tertiary alicyclic amines) is 1. The summed E-state index contributed by atoms with van der Waals surface area (Å²) in [6, 6.07) is 1.04. The van der Waals surface area contributed by atoms with Gasteiger partial charge in [0, 0.05) is 13.6 Å². The molecule has 6 nitrogen and oxygen atoms in total. The van der Waals surface area contributed by atoms with Gasteiger partial charge in [-0.05, 0) is 31.7 Å². The van der Waals surface area contributed by atoms with E-state index in [1.54, 1.807) is 13.1 Å². The summed E-state index contributed by atoms with van der Waals surface area (Å²) < 4.78 is 1.54. The van der Waals surface area contributed by atoms with Crippen LogP contribution in [0.15, 0.2) is 6.07 Å². The number of carboxylic acid groups (broad SMARTS) is 1. The Labute approximate surface area is 112 Å². The molecule has 0 aliphatic carbocycles. The molecule has 0 radical (unpaired) electrons. The van der Waals surface area contributed by atoms with E-state index in [2.05, 4.69) is 5.10 Å². The molecule has 0 aromatic carbocycles. The summed E-state index contributed by atoms with van der Waals surface area (Å²) in [6.45, 7) is 2.47. The third-order valence-corrected chi connectivity index (χ3v) is 3.56. The maximum Gasteiger partial charge on any atom is 0.326 e. The van der Waals surface area contributed by atoms with E-state index in [0.717, 1.165) is 25.0 Å². The first-order valence-electron chi connectivity index (χ1n) is 6.61. The summed E-state index contributed by atoms with van der Waals surface area (Å²) in [6.07, 6.45) is 2.99. The van der Waals surface area contributed by atoms with Crippen LogP contribution in [0.3, 0.4) is 0 Å². The van der Waals surface area contributed by atoms with E-state index >= 15 is 0 Å². The van der Waals surface area contributed by atoms with Gasteiger partial charge >= 0.3 is 5.97 Å². The van der Waals surface area contributed by atoms with E-state index in [1.807, 2.05) is 6.92 Å². The van der Waals surface area contributed by atoms with Crippen LogP contribution in [0.4, 0.5) is 0 Å². The van der Waals surface area contributed by atoms with Crippen molar-refractivity contribution in [1.82, 2.24) is 14.7 Å². The summed E-state index contributed by atoms with van der Waals surface area (Å²) in [4.78, 5) is 25.2. The minimum absolute atomic E-state index is 0.234. The molecule has 1 aliphatic heterocycles. The molecule has 0 bridgehead atoms. The largest absolute Gasteiger partial charge is 0.480 e. The molecule has 1 saturated heterocycles. The fourth-order valence-corrected chi connectivity index (χ4v) is 2.48. The number of aliphatic carboxylic acids is 1. The number of hydrogen-bond donors (Lipinski definition) is 1. The highest BCUT2D eigenvalue weighted by Crippen LogP contribution is 2.20. The Kier molecular flexibility index (Phi) is 3.87. The normalized spacial score (nSPS) is 19.5. The standard InChI is InChI=1S/C13H19N3O3/c1-3-9-8-11(15(2)14-9)12(17)16-7-5-4-6-10(16)13(18)19/h8,10H,3-7H2,1-2H3,(H,18,19)/t10-/m0/s1. The quantitative estimate of drug-likeness (QED) is 0.886. The van der Waals surface area contributed by atoms with Gasteiger partial charge in [-0.15, -0.1) is 0 Å². The van der Waals surface area contributed by atoms with Crippen molar-refractivity contribution in [2.75, 3.05) is 6.54 Å². The lowest BCUT2D eigenvalue weighted by atomic mass is 10.0. The van der Waals surface area contributed by atoms with Crippen LogP contribution < -0.4 is 0 Å². The van der Waals surface area contributed by atoms with Gasteiger partial charge in [-0.3, -0.25) is 9.48 Å². The number of carboxylic acids is 1. The molecule has 1 aliphatic rings. The van der Waals surface area contributed by atoms with Gasteiger partial charge in [0.2, 0.25) is 0 Å². The lowest BCUT2D eigenvalue weighted by Gasteiger charge is -2.32. The van der Waals surface area contributed by atoms with Crippen molar-refractivity contribution in [1.29, 1.82) is 0 Å². The van der Waals surface area contributed by atoms with Crippen molar-refractivity contribution < 1.29 is 14.7 Å². The number of piperidine rings is 1. The van der Waals surface area contributed by atoms with E-state index in [9.17, 15) is 14.7 Å². The van der Waals surface area contributed by atoms with Crippen LogP contribution in [0.1, 0.15) is 42.4 Å². The number of rotatable bonds is 3. The van der Waals surface area contributed by atoms with Crippen LogP contribution in [0.25, 0.3) is 0 Å². The van der Waals surface area contributed by atoms with Crippen molar-refractivity contribution in [2.24, 2.45) is 7.05 Å². The summed E-state index contributed by atoms with van der Waals surface area (Å²) in [5.74, 6) is -1.16. The van der Waals surface area contributed by atoms with Crippen LogP contribution in [0.5, 0.6) is 0 Å². The predicted molar refractivity (Wildman–Crippen MR) is 68.9 cm³/mol. The maximum absolute atomic E-state index is 12.5. The fourth-order valence-electron chi connectivity index (χ4n) is 2.48. The van der Waals surface area contributed by atoms with Gasteiger partial charge < -0.3 is 10.0 Å². The van der Waals surface area contributed by atoms with Gasteiger partial charge in [0.05, 0.1) is 5.69 Å². The molecule has 1 amide bonds. The molecule has 2 heterocycles. The molecule has 104 valence electrons. The van der Waals surface area contributed by atoms with Crippen molar-refractivity contribution in [3.8, 4) is 0 Å². The molecule has 1 fully saturated rings. The molecule has 6 heteroatoms. The minimum Gasteiger partial charge on any atom is -0.480 e. The average Bonchev–Trinajstić information content (AvgIpc) is 2.79. The molecule has 1 aromatic rings. The lowest BCUT2D eigenvalue weighted by molar-refractivity contribution is -0.143. The zero-order valence-corrected chi connectivity index (χ0v) is 11.3. The Morgan fingerprint density at radius 2 is 2.21 bits per heavy atom. The van der Waals surface area contributed by atoms with Gasteiger partial charge in [0.25, 0.3) is 5.91 Å². The third kappa shape index (κ3) is 2.62. The minimum atomic E-state index is -0.925. The molecule has 0 spiro atoms. The lowest BCUT2D eigenvalue weighted by Crippen LogP contribution is -2.48. The summed E-state index contributed by atoms with van der Waals surface area (Å²) in [5.41, 5.74) is 1.31. The number of hydrogen-bond acceptors (Lipinski definition) is 3. The van der Waals surface area contributed by atoms with Crippen molar-refractivity contribution in [3.63, 3.8) is 0 Å². The fraction of sp³-hybridized carbons (Fsp3) is 0.615. The second-order valence-electron chi connectivity index (χ2n) is 4.85. The van der Waals surface area contributed by atoms with Crippen LogP contribution in [-0.2, 0) is 18.3 Å². The first-order chi connectivity index (χ1) is 9.04. The molecule has 2 rings (SSSR count). The predicted octanol–water partition coefficient (Wildman–Crippen LogP) is 1.06. The highest BCUT2D eigenvalue weighted by atomic mass is 16.4. The third-order valence-electron chi connectivity index (χ3n) is 3.56. The van der Waals surface area contributed by atoms with E-state index in [1.165, 1.54) is 9.58 Å². The monoisotopic (exact) mass is 265 g/mol. The van der Waals surface area contributed by atoms with Crippen LogP contribution in [0, 0.1) is 0 Å². The molecule has 1 aromatic heterocycles. The highest BCUT2D eigenvalue weighted by molar-refractivity contribution is 5.95. The first kappa shape index (κ1) is 13.6. The van der Waals surface area contributed by atoms with Gasteiger partial charge in [-0.2, -0.15) is 5.10 Å². The molecule has 0 unspecified atom stereocenters. The van der Waals surface area contributed by atoms with E-state index in [-0.39, 0.29) is 5.91 Å². The van der Waals surface area contributed by atoms with Gasteiger partial charge in [-0.1, -0.05) is 6.92 Å². The summed E-state index contributed by atoms with van der Waals surface area (Å²) >= 11 is 0. The summed E-state index contributed by atoms with van der Waals surface area (Å²) in [7, 11) is 1.71. The number of aromatic nitrogens is 2. The first-order valence-corrected chi connectivity index (χ1v) is 6.61. The summed E-state index contributed by atoms with van der Waals surface area (Å²) in [5, 5.41) is 13.4. The number of amides is 1. The number of carbonyl (C=O) groups is 2. The second kappa shape index (κ2) is 5.42. The van der Waals surface area contributed by atoms with Gasteiger partial charge in [-0.25, -0.2) is 4.79 Å². The molecule has 1 N–H and O–H groups in total. The van der Waals surface area contributed by atoms with Gasteiger partial charge in [0.15, 0.2) is 0 Å². The van der Waals surface area contributed by atoms with E-state index in [4.69, 9.17) is 0 Å². The van der Waals surface area contributed by atoms with E-state index in [0.29, 0.717) is 18.7 Å². The number of carbonyl (C=O) groups excluding carboxylic acids is 1. The Morgan fingerprint density at radius 3 is 2.79 bits per heavy atom. The molecular formula is C13H19N3O3. The van der Waals surface area contributed by atoms with Crippen molar-refractivity contribution in [3.05, 3.63) is 17.5 Å². The second-order valence-corrected chi connectivity index (χ2v) is 4.85. The van der Waals surface area contributed by atoms with Gasteiger partial charge in [0.1, 0.15) is 11.7 Å². The van der Waals surface area contributed by atoms with Crippen LogP contribution >= 0.6 is 0 Å². The van der Waals surface area contributed by atoms with Crippen molar-refractivity contribution >= 4 is 11.9 Å². The Bertz CT molecular complexity index is 495. The Balaban J connectivity index is 2.25. The smallest absolute Gasteiger partial charge is 0.326 e. The Hall–Kier alpha value is -1.85. The van der Waals surface area contributed by atoms with E-state index < -0.39 is 12.0 Å². The Morgan fingerprint density at radius 1 is 1.47 bits per heavy atom. The molecular weight excluding hydrogens is 246 g/mol.